The molecular weight excluding hydrogens is 274 g/mol. The average molecular weight is 284 g/mol. The molecule has 2 aromatic rings. The SMILES string of the molecule is C=C(OC)c1ncn2cc(Br)c(=O)n(C)c12. The first kappa shape index (κ1) is 10.9. The van der Waals surface area contributed by atoms with Gasteiger partial charge in [0.25, 0.3) is 5.56 Å². The fourth-order valence-electron chi connectivity index (χ4n) is 1.51. The molecule has 2 rings (SSSR count). The summed E-state index contributed by atoms with van der Waals surface area (Å²) in [6, 6.07) is 0. The van der Waals surface area contributed by atoms with Crippen LogP contribution in [0, 0.1) is 0 Å². The Bertz CT molecular complexity index is 627. The highest BCUT2D eigenvalue weighted by atomic mass is 79.9. The van der Waals surface area contributed by atoms with E-state index in [0.29, 0.717) is 21.6 Å². The number of methoxy groups -OCH3 is 1. The lowest BCUT2D eigenvalue weighted by atomic mass is 10.4. The zero-order valence-electron chi connectivity index (χ0n) is 8.90. The molecule has 0 aromatic carbocycles. The quantitative estimate of drug-likeness (QED) is 0.783. The van der Waals surface area contributed by atoms with Gasteiger partial charge in [0.1, 0.15) is 17.8 Å². The van der Waals surface area contributed by atoms with Gasteiger partial charge in [-0.05, 0) is 15.9 Å². The van der Waals surface area contributed by atoms with Crippen LogP contribution in [-0.2, 0) is 11.8 Å². The van der Waals surface area contributed by atoms with E-state index in [0.717, 1.165) is 0 Å². The van der Waals surface area contributed by atoms with Gasteiger partial charge in [-0.1, -0.05) is 6.58 Å². The van der Waals surface area contributed by atoms with Gasteiger partial charge in [0.05, 0.1) is 11.6 Å². The number of aryl methyl sites for hydroxylation is 1. The zero-order valence-corrected chi connectivity index (χ0v) is 10.5. The molecule has 0 aliphatic carbocycles. The van der Waals surface area contributed by atoms with Crippen LogP contribution >= 0.6 is 15.9 Å². The summed E-state index contributed by atoms with van der Waals surface area (Å²) in [5.74, 6) is 0.430. The summed E-state index contributed by atoms with van der Waals surface area (Å²) in [4.78, 5) is 15.9. The van der Waals surface area contributed by atoms with Crippen LogP contribution in [0.2, 0.25) is 0 Å². The van der Waals surface area contributed by atoms with Crippen LogP contribution in [0.4, 0.5) is 0 Å². The largest absolute Gasteiger partial charge is 0.495 e. The van der Waals surface area contributed by atoms with Crippen LogP contribution in [0.15, 0.2) is 28.4 Å². The van der Waals surface area contributed by atoms with Crippen molar-refractivity contribution in [2.45, 2.75) is 0 Å². The number of halogens is 1. The second kappa shape index (κ2) is 3.79. The average Bonchev–Trinajstić information content (AvgIpc) is 2.68. The van der Waals surface area contributed by atoms with E-state index < -0.39 is 0 Å². The summed E-state index contributed by atoms with van der Waals surface area (Å²) in [7, 11) is 3.20. The van der Waals surface area contributed by atoms with E-state index in [1.807, 2.05) is 0 Å². The van der Waals surface area contributed by atoms with E-state index in [1.54, 1.807) is 24.0 Å². The first-order valence-corrected chi connectivity index (χ1v) is 5.31. The van der Waals surface area contributed by atoms with E-state index in [1.165, 1.54) is 11.7 Å². The lowest BCUT2D eigenvalue weighted by molar-refractivity contribution is 0.370. The molecule has 5 nitrogen and oxygen atoms in total. The molecule has 0 N–H and O–H groups in total. The number of aromatic nitrogens is 3. The molecule has 0 amide bonds. The summed E-state index contributed by atoms with van der Waals surface area (Å²) in [6.07, 6.45) is 3.27. The van der Waals surface area contributed by atoms with Crippen molar-refractivity contribution >= 4 is 27.3 Å². The van der Waals surface area contributed by atoms with E-state index in [2.05, 4.69) is 27.5 Å². The van der Waals surface area contributed by atoms with Crippen molar-refractivity contribution in [3.8, 4) is 0 Å². The minimum atomic E-state index is -0.127. The fraction of sp³-hybridized carbons (Fsp3) is 0.200. The van der Waals surface area contributed by atoms with Crippen LogP contribution < -0.4 is 5.56 Å². The lowest BCUT2D eigenvalue weighted by Gasteiger charge is -2.06. The van der Waals surface area contributed by atoms with Gasteiger partial charge in [-0.3, -0.25) is 13.8 Å². The first-order valence-electron chi connectivity index (χ1n) is 4.51. The van der Waals surface area contributed by atoms with Gasteiger partial charge in [-0.15, -0.1) is 0 Å². The van der Waals surface area contributed by atoms with E-state index in [-0.39, 0.29) is 5.56 Å². The van der Waals surface area contributed by atoms with E-state index in [9.17, 15) is 4.79 Å². The highest BCUT2D eigenvalue weighted by Crippen LogP contribution is 2.17. The van der Waals surface area contributed by atoms with Crippen molar-refractivity contribution in [3.05, 3.63) is 39.6 Å². The molecule has 0 fully saturated rings. The highest BCUT2D eigenvalue weighted by molar-refractivity contribution is 9.10. The van der Waals surface area contributed by atoms with Gasteiger partial charge in [-0.2, -0.15) is 0 Å². The Morgan fingerprint density at radius 1 is 1.62 bits per heavy atom. The maximum atomic E-state index is 11.7. The maximum absolute atomic E-state index is 11.7. The number of nitrogens with zero attached hydrogens (tertiary/aromatic N) is 3. The second-order valence-electron chi connectivity index (χ2n) is 3.29. The predicted octanol–water partition coefficient (Wildman–Crippen LogP) is 1.41. The molecule has 0 radical (unpaired) electrons. The number of imidazole rings is 1. The normalized spacial score (nSPS) is 10.7. The molecule has 6 heteroatoms. The van der Waals surface area contributed by atoms with Gasteiger partial charge in [0, 0.05) is 13.2 Å². The molecule has 0 saturated heterocycles. The fourth-order valence-corrected chi connectivity index (χ4v) is 1.99. The predicted molar refractivity (Wildman–Crippen MR) is 64.2 cm³/mol. The van der Waals surface area contributed by atoms with Crippen molar-refractivity contribution in [2.75, 3.05) is 7.11 Å². The zero-order chi connectivity index (χ0) is 11.9. The van der Waals surface area contributed by atoms with Crippen LogP contribution in [0.1, 0.15) is 5.69 Å². The molecule has 0 unspecified atom stereocenters. The van der Waals surface area contributed by atoms with E-state index >= 15 is 0 Å². The van der Waals surface area contributed by atoms with Gasteiger partial charge in [0.15, 0.2) is 5.65 Å². The third-order valence-electron chi connectivity index (χ3n) is 2.36. The molecule has 0 atom stereocenters. The number of hydrogen-bond acceptors (Lipinski definition) is 3. The Hall–Kier alpha value is -1.56. The Balaban J connectivity index is 2.87. The summed E-state index contributed by atoms with van der Waals surface area (Å²) < 4.78 is 8.75. The maximum Gasteiger partial charge on any atom is 0.267 e. The molecule has 0 aliphatic heterocycles. The van der Waals surface area contributed by atoms with Crippen LogP contribution in [0.3, 0.4) is 0 Å². The van der Waals surface area contributed by atoms with Gasteiger partial charge in [0.2, 0.25) is 0 Å². The van der Waals surface area contributed by atoms with Crippen molar-refractivity contribution < 1.29 is 4.74 Å². The third kappa shape index (κ3) is 1.46. The minimum absolute atomic E-state index is 0.127. The third-order valence-corrected chi connectivity index (χ3v) is 2.90. The molecule has 84 valence electrons. The molecule has 0 saturated carbocycles. The van der Waals surface area contributed by atoms with Crippen molar-refractivity contribution in [2.24, 2.45) is 7.05 Å². The Morgan fingerprint density at radius 3 is 2.94 bits per heavy atom. The lowest BCUT2D eigenvalue weighted by Crippen LogP contribution is -2.19. The molecule has 0 bridgehead atoms. The van der Waals surface area contributed by atoms with Crippen LogP contribution in [0.5, 0.6) is 0 Å². The Morgan fingerprint density at radius 2 is 2.31 bits per heavy atom. The summed E-state index contributed by atoms with van der Waals surface area (Å²) in [5, 5.41) is 0. The van der Waals surface area contributed by atoms with E-state index in [4.69, 9.17) is 4.74 Å². The van der Waals surface area contributed by atoms with Gasteiger partial charge >= 0.3 is 0 Å². The summed E-state index contributed by atoms with van der Waals surface area (Å²) in [5.41, 5.74) is 1.09. The van der Waals surface area contributed by atoms with Crippen molar-refractivity contribution in [1.82, 2.24) is 14.0 Å². The standard InChI is InChI=1S/C10H10BrN3O2/c1-6(16-3)8-9-13(2)10(15)7(11)4-14(9)5-12-8/h4-5H,1H2,2-3H3. The van der Waals surface area contributed by atoms with Crippen molar-refractivity contribution in [1.29, 1.82) is 0 Å². The molecule has 0 spiro atoms. The summed E-state index contributed by atoms with van der Waals surface area (Å²) in [6.45, 7) is 3.73. The molecule has 2 aromatic heterocycles. The number of hydrogen-bond donors (Lipinski definition) is 0. The first-order chi connectivity index (χ1) is 7.56. The number of ether oxygens (including phenoxy) is 1. The van der Waals surface area contributed by atoms with Gasteiger partial charge < -0.3 is 4.74 Å². The second-order valence-corrected chi connectivity index (χ2v) is 4.15. The molecular formula is C10H10BrN3O2. The van der Waals surface area contributed by atoms with Gasteiger partial charge in [-0.25, -0.2) is 4.98 Å². The minimum Gasteiger partial charge on any atom is -0.495 e. The summed E-state index contributed by atoms with van der Waals surface area (Å²) >= 11 is 3.19. The van der Waals surface area contributed by atoms with Crippen LogP contribution in [0.25, 0.3) is 11.4 Å². The Kier molecular flexibility index (Phi) is 2.59. The van der Waals surface area contributed by atoms with Crippen molar-refractivity contribution in [3.63, 3.8) is 0 Å². The highest BCUT2D eigenvalue weighted by Gasteiger charge is 2.13. The smallest absolute Gasteiger partial charge is 0.267 e. The topological polar surface area (TPSA) is 48.5 Å². The number of fused-ring (bicyclic) bond motifs is 1. The monoisotopic (exact) mass is 283 g/mol. The number of rotatable bonds is 2. The molecule has 16 heavy (non-hydrogen) atoms. The Labute approximate surface area is 100 Å². The molecule has 2 heterocycles. The molecule has 0 aliphatic rings. The van der Waals surface area contributed by atoms with Crippen LogP contribution in [-0.4, -0.2) is 21.1 Å².